The first kappa shape index (κ1) is 24.3. The van der Waals surface area contributed by atoms with E-state index in [1.807, 2.05) is 0 Å². The van der Waals surface area contributed by atoms with Crippen molar-refractivity contribution in [2.24, 2.45) is 0 Å². The van der Waals surface area contributed by atoms with Crippen molar-refractivity contribution in [3.05, 3.63) is 93.7 Å². The predicted octanol–water partition coefficient (Wildman–Crippen LogP) is 4.87. The smallest absolute Gasteiger partial charge is 0.411 e. The van der Waals surface area contributed by atoms with Gasteiger partial charge in [-0.05, 0) is 55.8 Å². The second-order valence-electron chi connectivity index (χ2n) is 7.68. The summed E-state index contributed by atoms with van der Waals surface area (Å²) >= 11 is 0. The Morgan fingerprint density at radius 2 is 1.81 bits per heavy atom. The summed E-state index contributed by atoms with van der Waals surface area (Å²) < 4.78 is 20.6. The first-order valence-corrected chi connectivity index (χ1v) is 11.0. The van der Waals surface area contributed by atoms with Crippen molar-refractivity contribution in [1.29, 1.82) is 0 Å². The summed E-state index contributed by atoms with van der Waals surface area (Å²) in [4.78, 5) is 48.8. The molecule has 10 heteroatoms. The normalized spacial score (nSPS) is 10.6. The molecule has 0 aliphatic carbocycles. The molecular weight excluding hydrogens is 468 g/mol. The van der Waals surface area contributed by atoms with Crippen molar-refractivity contribution in [2.75, 3.05) is 17.2 Å². The third-order valence-corrected chi connectivity index (χ3v) is 5.18. The maximum atomic E-state index is 12.7. The Labute approximate surface area is 204 Å². The van der Waals surface area contributed by atoms with Gasteiger partial charge in [-0.15, -0.1) is 0 Å². The Kier molecular flexibility index (Phi) is 7.15. The fourth-order valence-corrected chi connectivity index (χ4v) is 3.41. The van der Waals surface area contributed by atoms with Crippen molar-refractivity contribution in [1.82, 2.24) is 0 Å². The molecule has 0 fully saturated rings. The van der Waals surface area contributed by atoms with Crippen LogP contribution >= 0.6 is 0 Å². The van der Waals surface area contributed by atoms with E-state index in [0.29, 0.717) is 22.3 Å². The molecule has 2 heterocycles. The van der Waals surface area contributed by atoms with Gasteiger partial charge in [-0.25, -0.2) is 14.4 Å². The summed E-state index contributed by atoms with van der Waals surface area (Å²) in [6, 6.07) is 13.8. The van der Waals surface area contributed by atoms with E-state index in [-0.39, 0.29) is 30.1 Å². The van der Waals surface area contributed by atoms with Crippen LogP contribution in [-0.2, 0) is 16.1 Å². The zero-order valence-electron chi connectivity index (χ0n) is 19.5. The van der Waals surface area contributed by atoms with Gasteiger partial charge in [0.15, 0.2) is 5.76 Å². The van der Waals surface area contributed by atoms with E-state index in [1.54, 1.807) is 44.2 Å². The summed E-state index contributed by atoms with van der Waals surface area (Å²) in [6.07, 6.45) is 0.753. The molecule has 4 aromatic rings. The van der Waals surface area contributed by atoms with Gasteiger partial charge in [-0.1, -0.05) is 6.07 Å². The van der Waals surface area contributed by atoms with Crippen molar-refractivity contribution in [3.8, 4) is 0 Å². The number of esters is 1. The highest BCUT2D eigenvalue weighted by Crippen LogP contribution is 2.23. The second-order valence-corrected chi connectivity index (χ2v) is 7.68. The lowest BCUT2D eigenvalue weighted by molar-refractivity contribution is 0.0473. The molecule has 0 atom stereocenters. The summed E-state index contributed by atoms with van der Waals surface area (Å²) in [5, 5.41) is 5.77. The molecule has 0 aliphatic heterocycles. The highest BCUT2D eigenvalue weighted by molar-refractivity contribution is 6.03. The number of hydrogen-bond donors (Lipinski definition) is 2. The van der Waals surface area contributed by atoms with Crippen molar-refractivity contribution < 1.29 is 32.7 Å². The van der Waals surface area contributed by atoms with Gasteiger partial charge >= 0.3 is 17.7 Å². The van der Waals surface area contributed by atoms with Crippen LogP contribution in [0, 0.1) is 6.92 Å². The van der Waals surface area contributed by atoms with Crippen LogP contribution in [0.25, 0.3) is 11.0 Å². The third kappa shape index (κ3) is 5.61. The van der Waals surface area contributed by atoms with Crippen LogP contribution in [0.15, 0.2) is 74.5 Å². The number of rotatable bonds is 7. The van der Waals surface area contributed by atoms with Gasteiger partial charge < -0.3 is 23.6 Å². The van der Waals surface area contributed by atoms with Gasteiger partial charge in [0.2, 0.25) is 0 Å². The largest absolute Gasteiger partial charge is 0.459 e. The zero-order valence-corrected chi connectivity index (χ0v) is 19.5. The number of nitrogens with one attached hydrogen (secondary N) is 2. The van der Waals surface area contributed by atoms with Crippen LogP contribution in [0.1, 0.15) is 39.0 Å². The van der Waals surface area contributed by atoms with Crippen molar-refractivity contribution in [2.45, 2.75) is 20.5 Å². The maximum Gasteiger partial charge on any atom is 0.411 e. The summed E-state index contributed by atoms with van der Waals surface area (Å²) in [5.41, 5.74) is 1.76. The molecule has 0 radical (unpaired) electrons. The van der Waals surface area contributed by atoms with Crippen LogP contribution in [0.4, 0.5) is 16.2 Å². The van der Waals surface area contributed by atoms with Crippen LogP contribution in [0.2, 0.25) is 0 Å². The average Bonchev–Trinajstić information content (AvgIpc) is 3.39. The number of furan rings is 1. The number of amides is 2. The topological polar surface area (TPSA) is 137 Å². The van der Waals surface area contributed by atoms with E-state index in [9.17, 15) is 19.2 Å². The molecule has 184 valence electrons. The number of fused-ring (bicyclic) bond motifs is 1. The number of aryl methyl sites for hydroxylation is 1. The van der Waals surface area contributed by atoms with Crippen molar-refractivity contribution in [3.63, 3.8) is 0 Å². The SMILES string of the molecule is CCOC(=O)Nc1ccc2c(COC(=O)c3ccc(C)c(NC(=O)c4ccco4)c3)cc(=O)oc2c1. The number of ether oxygens (including phenoxy) is 2. The fourth-order valence-electron chi connectivity index (χ4n) is 3.41. The molecule has 2 aromatic heterocycles. The molecule has 0 aliphatic rings. The first-order chi connectivity index (χ1) is 17.3. The monoisotopic (exact) mass is 490 g/mol. The van der Waals surface area contributed by atoms with Gasteiger partial charge in [0.05, 0.1) is 18.4 Å². The van der Waals surface area contributed by atoms with Crippen molar-refractivity contribution >= 4 is 40.3 Å². The van der Waals surface area contributed by atoms with E-state index in [2.05, 4.69) is 10.6 Å². The Bertz CT molecular complexity index is 1490. The zero-order chi connectivity index (χ0) is 25.7. The molecule has 2 N–H and O–H groups in total. The fraction of sp³-hybridized carbons (Fsp3) is 0.154. The lowest BCUT2D eigenvalue weighted by Gasteiger charge is -2.11. The Morgan fingerprint density at radius 1 is 0.972 bits per heavy atom. The highest BCUT2D eigenvalue weighted by Gasteiger charge is 2.15. The lowest BCUT2D eigenvalue weighted by atomic mass is 10.1. The van der Waals surface area contributed by atoms with Gasteiger partial charge in [-0.2, -0.15) is 0 Å². The average molecular weight is 490 g/mol. The second kappa shape index (κ2) is 10.6. The molecule has 0 bridgehead atoms. The molecule has 0 saturated carbocycles. The van der Waals surface area contributed by atoms with Crippen LogP contribution in [0.3, 0.4) is 0 Å². The molecule has 0 spiro atoms. The van der Waals surface area contributed by atoms with E-state index in [0.717, 1.165) is 5.56 Å². The van der Waals surface area contributed by atoms with Gasteiger partial charge in [0.1, 0.15) is 12.2 Å². The quantitative estimate of drug-likeness (QED) is 0.276. The molecule has 2 amide bonds. The number of anilines is 2. The number of benzene rings is 2. The molecule has 2 aromatic carbocycles. The van der Waals surface area contributed by atoms with Gasteiger partial charge in [0, 0.05) is 34.5 Å². The predicted molar refractivity (Wildman–Crippen MR) is 130 cm³/mol. The van der Waals surface area contributed by atoms with Crippen LogP contribution < -0.4 is 16.3 Å². The molecule has 10 nitrogen and oxygen atoms in total. The summed E-state index contributed by atoms with van der Waals surface area (Å²) in [5.74, 6) is -0.962. The van der Waals surface area contributed by atoms with Crippen LogP contribution in [-0.4, -0.2) is 24.6 Å². The first-order valence-electron chi connectivity index (χ1n) is 11.0. The Balaban J connectivity index is 1.49. The minimum absolute atomic E-state index is 0.137. The van der Waals surface area contributed by atoms with E-state index in [1.165, 1.54) is 30.5 Å². The lowest BCUT2D eigenvalue weighted by Crippen LogP contribution is -2.14. The van der Waals surface area contributed by atoms with Gasteiger partial charge in [0.25, 0.3) is 5.91 Å². The number of carbonyl (C=O) groups is 3. The summed E-state index contributed by atoms with van der Waals surface area (Å²) in [7, 11) is 0. The minimum atomic E-state index is -0.648. The Morgan fingerprint density at radius 3 is 2.56 bits per heavy atom. The molecule has 4 rings (SSSR count). The molecular formula is C26H22N2O8. The number of carbonyl (C=O) groups excluding carboxylic acids is 3. The van der Waals surface area contributed by atoms with E-state index < -0.39 is 23.6 Å². The highest BCUT2D eigenvalue weighted by atomic mass is 16.5. The summed E-state index contributed by atoms with van der Waals surface area (Å²) in [6.45, 7) is 3.48. The third-order valence-electron chi connectivity index (χ3n) is 5.18. The molecule has 0 unspecified atom stereocenters. The van der Waals surface area contributed by atoms with E-state index in [4.69, 9.17) is 18.3 Å². The standard InChI is InChI=1S/C26H22N2O8/c1-3-33-26(32)27-18-8-9-19-17(12-23(29)36-22(19)13-18)14-35-25(31)16-7-6-15(2)20(11-16)28-24(30)21-5-4-10-34-21/h4-13H,3,14H2,1-2H3,(H,27,32)(H,28,30). The maximum absolute atomic E-state index is 12.7. The molecule has 36 heavy (non-hydrogen) atoms. The van der Waals surface area contributed by atoms with Gasteiger partial charge in [-0.3, -0.25) is 10.1 Å². The van der Waals surface area contributed by atoms with Crippen LogP contribution in [0.5, 0.6) is 0 Å². The minimum Gasteiger partial charge on any atom is -0.459 e. The molecule has 0 saturated heterocycles. The Hall–Kier alpha value is -4.86. The number of hydrogen-bond acceptors (Lipinski definition) is 8. The van der Waals surface area contributed by atoms with E-state index >= 15 is 0 Å².